The van der Waals surface area contributed by atoms with Crippen LogP contribution in [0.15, 0.2) is 24.3 Å². The smallest absolute Gasteiger partial charge is 0.304 e. The van der Waals surface area contributed by atoms with Crippen LogP contribution in [-0.4, -0.2) is 16.9 Å². The number of carbonyl (C=O) groups is 2. The molecule has 0 amide bonds. The molecule has 0 aliphatic rings. The van der Waals surface area contributed by atoms with Gasteiger partial charge in [0, 0.05) is 11.0 Å². The van der Waals surface area contributed by atoms with Gasteiger partial charge in [0.2, 0.25) is 0 Å². The Balaban J connectivity index is 2.86. The fourth-order valence-corrected chi connectivity index (χ4v) is 1.96. The summed E-state index contributed by atoms with van der Waals surface area (Å²) in [6.07, 6.45) is 1.91. The number of carboxylic acids is 1. The molecule has 0 atom stereocenters. The zero-order chi connectivity index (χ0) is 13.8. The quantitative estimate of drug-likeness (QED) is 0.786. The lowest BCUT2D eigenvalue weighted by Gasteiger charge is -2.20. The summed E-state index contributed by atoms with van der Waals surface area (Å²) in [5.41, 5.74) is 0.921. The van der Waals surface area contributed by atoms with Crippen molar-refractivity contribution in [3.63, 3.8) is 0 Å². The molecule has 0 aromatic heterocycles. The second-order valence-electron chi connectivity index (χ2n) is 5.23. The highest BCUT2D eigenvalue weighted by molar-refractivity contribution is 6.01. The van der Waals surface area contributed by atoms with Crippen molar-refractivity contribution in [1.82, 2.24) is 0 Å². The van der Waals surface area contributed by atoms with Crippen LogP contribution in [0.3, 0.4) is 0 Å². The van der Waals surface area contributed by atoms with Crippen molar-refractivity contribution in [2.24, 2.45) is 5.41 Å². The SMILES string of the molecule is CCCc1ccc(C(=O)C(C)(C)CC(=O)O)cc1. The molecule has 0 bridgehead atoms. The Hall–Kier alpha value is -1.64. The number of benzene rings is 1. The van der Waals surface area contributed by atoms with E-state index >= 15 is 0 Å². The van der Waals surface area contributed by atoms with E-state index in [1.165, 1.54) is 5.56 Å². The maximum atomic E-state index is 12.2. The molecular weight excluding hydrogens is 228 g/mol. The van der Waals surface area contributed by atoms with Crippen LogP contribution in [0, 0.1) is 5.41 Å². The zero-order valence-electron chi connectivity index (χ0n) is 11.2. The molecule has 0 spiro atoms. The van der Waals surface area contributed by atoms with Crippen LogP contribution >= 0.6 is 0 Å². The largest absolute Gasteiger partial charge is 0.481 e. The van der Waals surface area contributed by atoms with Gasteiger partial charge in [-0.25, -0.2) is 0 Å². The van der Waals surface area contributed by atoms with E-state index in [9.17, 15) is 9.59 Å². The minimum absolute atomic E-state index is 0.118. The Morgan fingerprint density at radius 1 is 1.17 bits per heavy atom. The van der Waals surface area contributed by atoms with Gasteiger partial charge in [0.25, 0.3) is 0 Å². The summed E-state index contributed by atoms with van der Waals surface area (Å²) in [6, 6.07) is 7.45. The van der Waals surface area contributed by atoms with Gasteiger partial charge in [-0.3, -0.25) is 9.59 Å². The molecule has 98 valence electrons. The highest BCUT2D eigenvalue weighted by Gasteiger charge is 2.31. The van der Waals surface area contributed by atoms with Gasteiger partial charge in [0.15, 0.2) is 5.78 Å². The molecule has 1 aromatic carbocycles. The highest BCUT2D eigenvalue weighted by Crippen LogP contribution is 2.26. The summed E-state index contributed by atoms with van der Waals surface area (Å²) >= 11 is 0. The van der Waals surface area contributed by atoms with E-state index in [4.69, 9.17) is 5.11 Å². The number of carbonyl (C=O) groups excluding carboxylic acids is 1. The molecule has 0 radical (unpaired) electrons. The summed E-state index contributed by atoms with van der Waals surface area (Å²) in [6.45, 7) is 5.45. The molecule has 1 N–H and O–H groups in total. The Bertz CT molecular complexity index is 430. The molecule has 1 aromatic rings. The predicted octanol–water partition coefficient (Wildman–Crippen LogP) is 3.32. The Labute approximate surface area is 108 Å². The zero-order valence-corrected chi connectivity index (χ0v) is 11.2. The van der Waals surface area contributed by atoms with Crippen LogP contribution in [0.5, 0.6) is 0 Å². The molecule has 3 heteroatoms. The summed E-state index contributed by atoms with van der Waals surface area (Å²) in [5.74, 6) is -1.07. The molecule has 0 fully saturated rings. The first-order valence-corrected chi connectivity index (χ1v) is 6.22. The standard InChI is InChI=1S/C15H20O3/c1-4-5-11-6-8-12(9-7-11)14(18)15(2,3)10-13(16)17/h6-9H,4-5,10H2,1-3H3,(H,16,17). The Kier molecular flexibility index (Phi) is 4.65. The van der Waals surface area contributed by atoms with Gasteiger partial charge in [-0.15, -0.1) is 0 Å². The van der Waals surface area contributed by atoms with E-state index in [-0.39, 0.29) is 12.2 Å². The van der Waals surface area contributed by atoms with Gasteiger partial charge in [0.05, 0.1) is 6.42 Å². The van der Waals surface area contributed by atoms with Crippen molar-refractivity contribution < 1.29 is 14.7 Å². The molecule has 0 saturated heterocycles. The molecule has 0 saturated carbocycles. The summed E-state index contributed by atoms with van der Waals surface area (Å²) in [5, 5.41) is 8.81. The average molecular weight is 248 g/mol. The lowest BCUT2D eigenvalue weighted by Crippen LogP contribution is -2.27. The van der Waals surface area contributed by atoms with Crippen LogP contribution in [0.1, 0.15) is 49.5 Å². The van der Waals surface area contributed by atoms with Crippen LogP contribution in [0.4, 0.5) is 0 Å². The molecule has 0 heterocycles. The van der Waals surface area contributed by atoms with Crippen molar-refractivity contribution in [2.45, 2.75) is 40.0 Å². The van der Waals surface area contributed by atoms with Gasteiger partial charge in [-0.2, -0.15) is 0 Å². The maximum absolute atomic E-state index is 12.2. The third-order valence-corrected chi connectivity index (χ3v) is 2.96. The normalized spacial score (nSPS) is 11.3. The first-order chi connectivity index (χ1) is 8.36. The lowest BCUT2D eigenvalue weighted by molar-refractivity contribution is -0.138. The Morgan fingerprint density at radius 3 is 2.17 bits per heavy atom. The number of carboxylic acid groups (broad SMARTS) is 1. The van der Waals surface area contributed by atoms with E-state index in [0.29, 0.717) is 5.56 Å². The molecule has 0 aliphatic heterocycles. The maximum Gasteiger partial charge on any atom is 0.304 e. The molecular formula is C15H20O3. The third-order valence-electron chi connectivity index (χ3n) is 2.96. The van der Waals surface area contributed by atoms with Gasteiger partial charge >= 0.3 is 5.97 Å². The van der Waals surface area contributed by atoms with Gasteiger partial charge in [0.1, 0.15) is 0 Å². The number of hydrogen-bond acceptors (Lipinski definition) is 2. The molecule has 18 heavy (non-hydrogen) atoms. The van der Waals surface area contributed by atoms with Gasteiger partial charge in [-0.1, -0.05) is 51.5 Å². The van der Waals surface area contributed by atoms with Gasteiger partial charge in [-0.05, 0) is 12.0 Å². The van der Waals surface area contributed by atoms with Crippen molar-refractivity contribution in [2.75, 3.05) is 0 Å². The first-order valence-electron chi connectivity index (χ1n) is 6.22. The predicted molar refractivity (Wildman–Crippen MR) is 70.8 cm³/mol. The van der Waals surface area contributed by atoms with E-state index in [1.54, 1.807) is 26.0 Å². The Morgan fingerprint density at radius 2 is 1.72 bits per heavy atom. The van der Waals surface area contributed by atoms with E-state index in [1.807, 2.05) is 12.1 Å². The van der Waals surface area contributed by atoms with Crippen LogP contribution in [-0.2, 0) is 11.2 Å². The summed E-state index contributed by atoms with van der Waals surface area (Å²) < 4.78 is 0. The molecule has 3 nitrogen and oxygen atoms in total. The minimum Gasteiger partial charge on any atom is -0.481 e. The average Bonchev–Trinajstić information content (AvgIpc) is 2.28. The summed E-state index contributed by atoms with van der Waals surface area (Å²) in [7, 11) is 0. The first kappa shape index (κ1) is 14.4. The number of hydrogen-bond donors (Lipinski definition) is 1. The minimum atomic E-state index is -0.948. The number of ketones is 1. The summed E-state index contributed by atoms with van der Waals surface area (Å²) in [4.78, 5) is 22.9. The number of aliphatic carboxylic acids is 1. The molecule has 0 unspecified atom stereocenters. The topological polar surface area (TPSA) is 54.4 Å². The number of Topliss-reactive ketones (excluding diaryl/α,β-unsaturated/α-hetero) is 1. The van der Waals surface area contributed by atoms with E-state index in [0.717, 1.165) is 12.8 Å². The second kappa shape index (κ2) is 5.80. The van der Waals surface area contributed by atoms with Crippen molar-refractivity contribution >= 4 is 11.8 Å². The third kappa shape index (κ3) is 3.69. The number of aryl methyl sites for hydroxylation is 1. The van der Waals surface area contributed by atoms with Crippen LogP contribution in [0.2, 0.25) is 0 Å². The number of rotatable bonds is 6. The van der Waals surface area contributed by atoms with E-state index < -0.39 is 11.4 Å². The molecule has 0 aliphatic carbocycles. The van der Waals surface area contributed by atoms with Crippen molar-refractivity contribution in [3.05, 3.63) is 35.4 Å². The van der Waals surface area contributed by atoms with Crippen molar-refractivity contribution in [1.29, 1.82) is 0 Å². The lowest BCUT2D eigenvalue weighted by atomic mass is 9.81. The molecule has 1 rings (SSSR count). The van der Waals surface area contributed by atoms with E-state index in [2.05, 4.69) is 6.92 Å². The highest BCUT2D eigenvalue weighted by atomic mass is 16.4. The van der Waals surface area contributed by atoms with Crippen LogP contribution < -0.4 is 0 Å². The second-order valence-corrected chi connectivity index (χ2v) is 5.23. The van der Waals surface area contributed by atoms with Crippen LogP contribution in [0.25, 0.3) is 0 Å². The fourth-order valence-electron chi connectivity index (χ4n) is 1.96. The monoisotopic (exact) mass is 248 g/mol. The van der Waals surface area contributed by atoms with Crippen molar-refractivity contribution in [3.8, 4) is 0 Å². The fraction of sp³-hybridized carbons (Fsp3) is 0.467. The van der Waals surface area contributed by atoms with Gasteiger partial charge < -0.3 is 5.11 Å².